The van der Waals surface area contributed by atoms with Gasteiger partial charge in [-0.15, -0.1) is 0 Å². The smallest absolute Gasteiger partial charge is 0.321 e. The first-order valence-electron chi connectivity index (χ1n) is 11.9. The van der Waals surface area contributed by atoms with E-state index in [4.69, 9.17) is 14.5 Å². The maximum absolute atomic E-state index is 13.2. The van der Waals surface area contributed by atoms with Crippen molar-refractivity contribution in [1.29, 1.82) is 0 Å². The van der Waals surface area contributed by atoms with Gasteiger partial charge < -0.3 is 24.1 Å². The summed E-state index contributed by atoms with van der Waals surface area (Å²) in [4.78, 5) is 20.2. The first-order valence-corrected chi connectivity index (χ1v) is 11.9. The SMILES string of the molecule is COc1cccc(-c2nc(C3CCCN(C(=O)Nc4cccc(OC)c4C)C3)n3ccccc23)c1. The van der Waals surface area contributed by atoms with Gasteiger partial charge in [0.1, 0.15) is 17.3 Å². The van der Waals surface area contributed by atoms with E-state index in [0.717, 1.165) is 64.7 Å². The standard InChI is InChI=1S/C28H30N4O3/c1-19-23(12-7-14-25(19)35-3)29-28(33)31-15-8-10-21(18-31)27-30-26(24-13-4-5-16-32(24)27)20-9-6-11-22(17-20)34-2/h4-7,9,11-14,16-17,21H,8,10,15,18H2,1-3H3,(H,29,33). The first kappa shape index (κ1) is 22.8. The number of carbonyl (C=O) groups excluding carboxylic acids is 1. The Morgan fingerprint density at radius 2 is 1.91 bits per heavy atom. The van der Waals surface area contributed by atoms with E-state index in [0.29, 0.717) is 6.54 Å². The Bertz CT molecular complexity index is 1360. The predicted molar refractivity (Wildman–Crippen MR) is 137 cm³/mol. The summed E-state index contributed by atoms with van der Waals surface area (Å²) in [6.07, 6.45) is 3.96. The number of anilines is 1. The molecular weight excluding hydrogens is 440 g/mol. The molecule has 2 amide bonds. The van der Waals surface area contributed by atoms with Gasteiger partial charge in [0.05, 0.1) is 25.4 Å². The maximum Gasteiger partial charge on any atom is 0.321 e. The molecule has 0 aliphatic carbocycles. The number of ether oxygens (including phenoxy) is 2. The van der Waals surface area contributed by atoms with Gasteiger partial charge in [-0.25, -0.2) is 9.78 Å². The summed E-state index contributed by atoms with van der Waals surface area (Å²) in [6.45, 7) is 3.28. The van der Waals surface area contributed by atoms with Crippen LogP contribution in [0, 0.1) is 6.92 Å². The third-order valence-corrected chi connectivity index (χ3v) is 6.74. The predicted octanol–water partition coefficient (Wildman–Crippen LogP) is 5.74. The van der Waals surface area contributed by atoms with Crippen molar-refractivity contribution >= 4 is 17.2 Å². The Kier molecular flexibility index (Phi) is 6.31. The van der Waals surface area contributed by atoms with E-state index in [-0.39, 0.29) is 11.9 Å². The van der Waals surface area contributed by atoms with Gasteiger partial charge in [-0.3, -0.25) is 0 Å². The van der Waals surface area contributed by atoms with Gasteiger partial charge >= 0.3 is 6.03 Å². The van der Waals surface area contributed by atoms with Gasteiger partial charge in [-0.1, -0.05) is 24.3 Å². The zero-order valence-corrected chi connectivity index (χ0v) is 20.3. The highest BCUT2D eigenvalue weighted by Gasteiger charge is 2.29. The molecule has 1 atom stereocenters. The number of likely N-dealkylation sites (tertiary alicyclic amines) is 1. The second-order valence-corrected chi connectivity index (χ2v) is 8.85. The summed E-state index contributed by atoms with van der Waals surface area (Å²) in [5, 5.41) is 3.07. The normalized spacial score (nSPS) is 15.7. The average molecular weight is 471 g/mol. The van der Waals surface area contributed by atoms with Crippen molar-refractivity contribution in [3.05, 3.63) is 78.2 Å². The largest absolute Gasteiger partial charge is 0.497 e. The molecule has 0 saturated carbocycles. The molecule has 1 saturated heterocycles. The van der Waals surface area contributed by atoms with Crippen molar-refractivity contribution in [2.75, 3.05) is 32.6 Å². The molecule has 0 spiro atoms. The third kappa shape index (κ3) is 4.41. The van der Waals surface area contributed by atoms with Crippen LogP contribution in [0.2, 0.25) is 0 Å². The number of hydrogen-bond donors (Lipinski definition) is 1. The number of urea groups is 1. The summed E-state index contributed by atoms with van der Waals surface area (Å²) in [5.74, 6) is 2.67. The fraction of sp³-hybridized carbons (Fsp3) is 0.286. The number of amides is 2. The highest BCUT2D eigenvalue weighted by atomic mass is 16.5. The number of methoxy groups -OCH3 is 2. The molecule has 1 N–H and O–H groups in total. The van der Waals surface area contributed by atoms with Gasteiger partial charge in [0, 0.05) is 42.0 Å². The van der Waals surface area contributed by atoms with Crippen LogP contribution in [0.3, 0.4) is 0 Å². The number of pyridine rings is 1. The molecule has 180 valence electrons. The van der Waals surface area contributed by atoms with Crippen molar-refractivity contribution in [2.45, 2.75) is 25.7 Å². The minimum atomic E-state index is -0.0973. The molecule has 3 heterocycles. The van der Waals surface area contributed by atoms with E-state index in [2.05, 4.69) is 28.0 Å². The lowest BCUT2D eigenvalue weighted by Crippen LogP contribution is -2.42. The molecule has 5 rings (SSSR count). The first-order chi connectivity index (χ1) is 17.1. The topological polar surface area (TPSA) is 68.1 Å². The molecule has 1 fully saturated rings. The molecule has 35 heavy (non-hydrogen) atoms. The molecule has 7 heteroatoms. The molecule has 1 aliphatic heterocycles. The fourth-order valence-electron chi connectivity index (χ4n) is 4.87. The lowest BCUT2D eigenvalue weighted by atomic mass is 9.97. The molecule has 7 nitrogen and oxygen atoms in total. The van der Waals surface area contributed by atoms with Crippen LogP contribution < -0.4 is 14.8 Å². The van der Waals surface area contributed by atoms with Gasteiger partial charge in [0.15, 0.2) is 0 Å². The second-order valence-electron chi connectivity index (χ2n) is 8.85. The fourth-order valence-corrected chi connectivity index (χ4v) is 4.87. The Balaban J connectivity index is 1.42. The van der Waals surface area contributed by atoms with E-state index in [9.17, 15) is 4.79 Å². The molecule has 0 bridgehead atoms. The number of nitrogens with zero attached hydrogens (tertiary/aromatic N) is 3. The number of piperidine rings is 1. The number of rotatable bonds is 5. The highest BCUT2D eigenvalue weighted by Crippen LogP contribution is 2.33. The number of benzene rings is 2. The van der Waals surface area contributed by atoms with Crippen molar-refractivity contribution < 1.29 is 14.3 Å². The lowest BCUT2D eigenvalue weighted by Gasteiger charge is -2.32. The molecular formula is C28H30N4O3. The summed E-state index contributed by atoms with van der Waals surface area (Å²) in [5.41, 5.74) is 4.66. The van der Waals surface area contributed by atoms with Gasteiger partial charge in [-0.05, 0) is 56.2 Å². The van der Waals surface area contributed by atoms with Crippen molar-refractivity contribution in [2.24, 2.45) is 0 Å². The Labute approximate surface area is 205 Å². The summed E-state index contributed by atoms with van der Waals surface area (Å²) >= 11 is 0. The Morgan fingerprint density at radius 3 is 2.74 bits per heavy atom. The van der Waals surface area contributed by atoms with Gasteiger partial charge in [-0.2, -0.15) is 0 Å². The molecule has 2 aromatic heterocycles. The minimum Gasteiger partial charge on any atom is -0.497 e. The third-order valence-electron chi connectivity index (χ3n) is 6.74. The summed E-state index contributed by atoms with van der Waals surface area (Å²) < 4.78 is 13.0. The van der Waals surface area contributed by atoms with Crippen LogP contribution in [0.1, 0.15) is 30.1 Å². The second kappa shape index (κ2) is 9.70. The summed E-state index contributed by atoms with van der Waals surface area (Å²) in [6, 6.07) is 19.7. The van der Waals surface area contributed by atoms with E-state index in [1.807, 2.05) is 60.4 Å². The minimum absolute atomic E-state index is 0.0973. The maximum atomic E-state index is 13.2. The molecule has 1 aliphatic rings. The van der Waals surface area contributed by atoms with Crippen LogP contribution in [-0.2, 0) is 0 Å². The average Bonchev–Trinajstić information content (AvgIpc) is 3.30. The molecule has 4 aromatic rings. The van der Waals surface area contributed by atoms with Crippen LogP contribution in [0.4, 0.5) is 10.5 Å². The molecule has 0 radical (unpaired) electrons. The van der Waals surface area contributed by atoms with Crippen LogP contribution in [0.5, 0.6) is 11.5 Å². The zero-order chi connectivity index (χ0) is 24.4. The number of nitrogens with one attached hydrogen (secondary N) is 1. The number of hydrogen-bond acceptors (Lipinski definition) is 4. The van der Waals surface area contributed by atoms with Crippen LogP contribution in [0.25, 0.3) is 16.8 Å². The van der Waals surface area contributed by atoms with Crippen molar-refractivity contribution in [1.82, 2.24) is 14.3 Å². The Morgan fingerprint density at radius 1 is 1.06 bits per heavy atom. The van der Waals surface area contributed by atoms with Crippen molar-refractivity contribution in [3.8, 4) is 22.8 Å². The quantitative estimate of drug-likeness (QED) is 0.404. The lowest BCUT2D eigenvalue weighted by molar-refractivity contribution is 0.191. The highest BCUT2D eigenvalue weighted by molar-refractivity contribution is 5.90. The number of imidazole rings is 1. The zero-order valence-electron chi connectivity index (χ0n) is 20.3. The Hall–Kier alpha value is -4.00. The molecule has 1 unspecified atom stereocenters. The molecule has 2 aromatic carbocycles. The van der Waals surface area contributed by atoms with Gasteiger partial charge in [0.25, 0.3) is 0 Å². The van der Waals surface area contributed by atoms with Crippen LogP contribution >= 0.6 is 0 Å². The number of carbonyl (C=O) groups is 1. The summed E-state index contributed by atoms with van der Waals surface area (Å²) in [7, 11) is 3.31. The van der Waals surface area contributed by atoms with Crippen LogP contribution in [-0.4, -0.2) is 47.6 Å². The van der Waals surface area contributed by atoms with E-state index >= 15 is 0 Å². The van der Waals surface area contributed by atoms with E-state index in [1.165, 1.54) is 0 Å². The van der Waals surface area contributed by atoms with Crippen LogP contribution in [0.15, 0.2) is 66.9 Å². The van der Waals surface area contributed by atoms with Gasteiger partial charge in [0.2, 0.25) is 0 Å². The number of aromatic nitrogens is 2. The number of fused-ring (bicyclic) bond motifs is 1. The van der Waals surface area contributed by atoms with E-state index < -0.39 is 0 Å². The van der Waals surface area contributed by atoms with E-state index in [1.54, 1.807) is 14.2 Å². The van der Waals surface area contributed by atoms with Crippen molar-refractivity contribution in [3.63, 3.8) is 0 Å². The monoisotopic (exact) mass is 470 g/mol.